The lowest BCUT2D eigenvalue weighted by Crippen LogP contribution is -2.49. The quantitative estimate of drug-likeness (QED) is 0.318. The van der Waals surface area contributed by atoms with Gasteiger partial charge < -0.3 is 16.0 Å². The van der Waals surface area contributed by atoms with E-state index < -0.39 is 0 Å². The number of nitrogens with zero attached hydrogens (tertiary/aromatic N) is 5. The normalized spacial score (nSPS) is 19.4. The lowest BCUT2D eigenvalue weighted by atomic mass is 9.78. The van der Waals surface area contributed by atoms with Gasteiger partial charge in [0, 0.05) is 41.6 Å². The first-order valence-corrected chi connectivity index (χ1v) is 13.3. The number of fused-ring (bicyclic) bond motifs is 1. The molecule has 1 aliphatic heterocycles. The highest BCUT2D eigenvalue weighted by molar-refractivity contribution is 5.93. The number of anilines is 3. The summed E-state index contributed by atoms with van der Waals surface area (Å²) in [6, 6.07) is 10.1. The summed E-state index contributed by atoms with van der Waals surface area (Å²) in [5.74, 6) is 3.57. The van der Waals surface area contributed by atoms with Crippen LogP contribution in [-0.4, -0.2) is 44.1 Å². The van der Waals surface area contributed by atoms with E-state index in [1.807, 2.05) is 49.6 Å². The fraction of sp³-hybridized carbons (Fsp3) is 0.414. The molecule has 0 spiro atoms. The van der Waals surface area contributed by atoms with Gasteiger partial charge in [-0.1, -0.05) is 26.3 Å². The fourth-order valence-electron chi connectivity index (χ4n) is 5.36. The Kier molecular flexibility index (Phi) is 6.20. The van der Waals surface area contributed by atoms with Crippen molar-refractivity contribution in [3.63, 3.8) is 0 Å². The predicted molar refractivity (Wildman–Crippen MR) is 148 cm³/mol. The topological polar surface area (TPSA) is 101 Å². The summed E-state index contributed by atoms with van der Waals surface area (Å²) in [4.78, 5) is 23.8. The third-order valence-electron chi connectivity index (χ3n) is 7.79. The van der Waals surface area contributed by atoms with Gasteiger partial charge in [-0.15, -0.1) is 0 Å². The minimum Gasteiger partial charge on any atom is -0.366 e. The van der Waals surface area contributed by atoms with Gasteiger partial charge in [-0.05, 0) is 73.9 Å². The van der Waals surface area contributed by atoms with Gasteiger partial charge in [-0.25, -0.2) is 19.9 Å². The molecule has 8 nitrogen and oxygen atoms in total. The number of rotatable bonds is 6. The largest absolute Gasteiger partial charge is 0.366 e. The highest BCUT2D eigenvalue weighted by Crippen LogP contribution is 2.42. The molecule has 5 heterocycles. The highest BCUT2D eigenvalue weighted by Gasteiger charge is 2.33. The predicted octanol–water partition coefficient (Wildman–Crippen LogP) is 5.60. The van der Waals surface area contributed by atoms with Crippen molar-refractivity contribution in [2.75, 3.05) is 23.7 Å². The van der Waals surface area contributed by atoms with Crippen LogP contribution in [-0.2, 0) is 0 Å². The van der Waals surface area contributed by atoms with Crippen molar-refractivity contribution in [2.24, 2.45) is 5.41 Å². The zero-order valence-corrected chi connectivity index (χ0v) is 21.8. The molecule has 1 saturated heterocycles. The Bertz CT molecular complexity index is 1430. The first-order valence-electron chi connectivity index (χ1n) is 13.3. The van der Waals surface area contributed by atoms with Crippen LogP contribution in [0.2, 0.25) is 0 Å². The summed E-state index contributed by atoms with van der Waals surface area (Å²) in [6.07, 6.45) is 10.4. The lowest BCUT2D eigenvalue weighted by Gasteiger charge is -2.40. The number of aryl methyl sites for hydroxylation is 1. The summed E-state index contributed by atoms with van der Waals surface area (Å²) in [5.41, 5.74) is 4.11. The van der Waals surface area contributed by atoms with E-state index in [9.17, 15) is 0 Å². The molecule has 6 rings (SSSR count). The molecule has 0 radical (unpaired) electrons. The number of hydrogen-bond acceptors (Lipinski definition) is 8. The molecule has 0 bridgehead atoms. The number of aromatic nitrogens is 5. The van der Waals surface area contributed by atoms with E-state index in [4.69, 9.17) is 9.97 Å². The molecule has 2 fully saturated rings. The summed E-state index contributed by atoms with van der Waals surface area (Å²) in [5, 5.41) is 11.8. The maximum Gasteiger partial charge on any atom is 0.162 e. The summed E-state index contributed by atoms with van der Waals surface area (Å²) in [7, 11) is 0. The van der Waals surface area contributed by atoms with Crippen LogP contribution in [0.15, 0.2) is 48.9 Å². The van der Waals surface area contributed by atoms with Gasteiger partial charge >= 0.3 is 0 Å². The van der Waals surface area contributed by atoms with Crippen LogP contribution >= 0.6 is 0 Å². The Balaban J connectivity index is 1.42. The Morgan fingerprint density at radius 1 is 1.00 bits per heavy atom. The molecule has 8 heteroatoms. The molecule has 3 N–H and O–H groups in total. The molecular formula is C29H34N8. The van der Waals surface area contributed by atoms with E-state index in [2.05, 4.69) is 44.7 Å². The average Bonchev–Trinajstić information content (AvgIpc) is 2.84. The second kappa shape index (κ2) is 9.67. The third kappa shape index (κ3) is 4.85. The van der Waals surface area contributed by atoms with Crippen molar-refractivity contribution in [3.05, 3.63) is 60.2 Å². The van der Waals surface area contributed by atoms with E-state index in [1.54, 1.807) is 6.20 Å². The van der Waals surface area contributed by atoms with Crippen LogP contribution in [0.25, 0.3) is 22.3 Å². The van der Waals surface area contributed by atoms with Crippen molar-refractivity contribution in [1.29, 1.82) is 0 Å². The Morgan fingerprint density at radius 3 is 2.68 bits per heavy atom. The second-order valence-electron chi connectivity index (χ2n) is 11.0. The number of nitrogens with one attached hydrogen (secondary N) is 3. The maximum absolute atomic E-state index is 5.15. The Morgan fingerprint density at radius 2 is 1.89 bits per heavy atom. The molecule has 37 heavy (non-hydrogen) atoms. The first kappa shape index (κ1) is 23.7. The van der Waals surface area contributed by atoms with E-state index in [-0.39, 0.29) is 5.41 Å². The molecular weight excluding hydrogens is 460 g/mol. The van der Waals surface area contributed by atoms with Crippen molar-refractivity contribution in [2.45, 2.75) is 58.4 Å². The zero-order valence-electron chi connectivity index (χ0n) is 21.8. The number of piperidine rings is 1. The van der Waals surface area contributed by atoms with Gasteiger partial charge in [0.1, 0.15) is 17.5 Å². The minimum absolute atomic E-state index is 0.105. The molecule has 4 aromatic heterocycles. The molecule has 1 saturated carbocycles. The monoisotopic (exact) mass is 494 g/mol. The summed E-state index contributed by atoms with van der Waals surface area (Å²) < 4.78 is 0. The highest BCUT2D eigenvalue weighted by atomic mass is 15.1. The van der Waals surface area contributed by atoms with Crippen molar-refractivity contribution < 1.29 is 0 Å². The van der Waals surface area contributed by atoms with Crippen molar-refractivity contribution in [1.82, 2.24) is 30.2 Å². The summed E-state index contributed by atoms with van der Waals surface area (Å²) in [6.45, 7) is 8.58. The first-order chi connectivity index (χ1) is 18.0. The van der Waals surface area contributed by atoms with Gasteiger partial charge in [-0.3, -0.25) is 4.98 Å². The van der Waals surface area contributed by atoms with Crippen LogP contribution < -0.4 is 16.0 Å². The molecule has 0 amide bonds. The van der Waals surface area contributed by atoms with Gasteiger partial charge in [0.25, 0.3) is 0 Å². The zero-order chi connectivity index (χ0) is 25.4. The molecule has 0 aromatic carbocycles. The van der Waals surface area contributed by atoms with Crippen molar-refractivity contribution >= 4 is 28.4 Å². The van der Waals surface area contributed by atoms with Crippen molar-refractivity contribution in [3.8, 4) is 11.4 Å². The standard InChI is InChI=1S/C29H34N8/c1-18-6-4-9-24(33-18)36-25-14-20(10-13-32-25)27-34-22-16-31-15-21(19-7-5-8-19)26(22)28(37-27)35-23-11-12-30-17-29(23,2)3/h4,6,9-10,13-16,19,23,30H,5,7-8,11-12,17H2,1-3H3,(H,32,33,36)(H,34,35,37)/t23-/m0/s1. The Labute approximate surface area is 217 Å². The van der Waals surface area contributed by atoms with Crippen LogP contribution in [0.5, 0.6) is 0 Å². The smallest absolute Gasteiger partial charge is 0.162 e. The SMILES string of the molecule is Cc1cccc(Nc2cc(-c3nc(N[C@H]4CCNCC4(C)C)c4c(C5CCC5)cncc4n3)ccn2)n1. The van der Waals surface area contributed by atoms with Gasteiger partial charge in [0.15, 0.2) is 5.82 Å². The minimum atomic E-state index is 0.105. The molecule has 1 aliphatic carbocycles. The fourth-order valence-corrected chi connectivity index (χ4v) is 5.36. The molecule has 1 atom stereocenters. The Hall–Kier alpha value is -3.65. The van der Waals surface area contributed by atoms with E-state index in [0.29, 0.717) is 23.6 Å². The van der Waals surface area contributed by atoms with Gasteiger partial charge in [0.2, 0.25) is 0 Å². The van der Waals surface area contributed by atoms with Gasteiger partial charge in [-0.2, -0.15) is 0 Å². The second-order valence-corrected chi connectivity index (χ2v) is 11.0. The van der Waals surface area contributed by atoms with Crippen LogP contribution in [0.4, 0.5) is 17.5 Å². The van der Waals surface area contributed by atoms with Crippen LogP contribution in [0.1, 0.15) is 56.7 Å². The number of hydrogen-bond donors (Lipinski definition) is 3. The van der Waals surface area contributed by atoms with E-state index >= 15 is 0 Å². The van der Waals surface area contributed by atoms with E-state index in [0.717, 1.165) is 53.3 Å². The number of pyridine rings is 3. The van der Waals surface area contributed by atoms with Crippen LogP contribution in [0.3, 0.4) is 0 Å². The average molecular weight is 495 g/mol. The molecule has 4 aromatic rings. The summed E-state index contributed by atoms with van der Waals surface area (Å²) >= 11 is 0. The molecule has 190 valence electrons. The lowest BCUT2D eigenvalue weighted by molar-refractivity contribution is 0.236. The molecule has 2 aliphatic rings. The molecule has 0 unspecified atom stereocenters. The third-order valence-corrected chi connectivity index (χ3v) is 7.79. The van der Waals surface area contributed by atoms with Crippen LogP contribution in [0, 0.1) is 12.3 Å². The maximum atomic E-state index is 5.15. The van der Waals surface area contributed by atoms with E-state index in [1.165, 1.54) is 24.8 Å². The van der Waals surface area contributed by atoms with Gasteiger partial charge in [0.05, 0.1) is 11.7 Å².